The molecule has 1 atom stereocenters. The molecule has 2 aromatic heterocycles. The zero-order valence-electron chi connectivity index (χ0n) is 12.6. The van der Waals surface area contributed by atoms with Crippen molar-refractivity contribution >= 4 is 11.6 Å². The van der Waals surface area contributed by atoms with E-state index in [1.54, 1.807) is 25.7 Å². The molecule has 0 radical (unpaired) electrons. The third-order valence-corrected chi connectivity index (χ3v) is 3.59. The Morgan fingerprint density at radius 3 is 2.86 bits per heavy atom. The van der Waals surface area contributed by atoms with Crippen molar-refractivity contribution in [2.24, 2.45) is 0 Å². The molecule has 0 fully saturated rings. The average molecular weight is 309 g/mol. The van der Waals surface area contributed by atoms with Crippen LogP contribution in [0.4, 0.5) is 0 Å². The summed E-state index contributed by atoms with van der Waals surface area (Å²) in [6.07, 6.45) is 6.17. The van der Waals surface area contributed by atoms with Crippen molar-refractivity contribution in [1.82, 2.24) is 20.1 Å². The van der Waals surface area contributed by atoms with Crippen LogP contribution < -0.4 is 10.1 Å². The van der Waals surface area contributed by atoms with Crippen molar-refractivity contribution in [3.63, 3.8) is 0 Å². The second kappa shape index (κ2) is 7.43. The first-order valence-electron chi connectivity index (χ1n) is 7.15. The summed E-state index contributed by atoms with van der Waals surface area (Å²) in [5, 5.41) is 8.50. The summed E-state index contributed by atoms with van der Waals surface area (Å²) in [5.41, 5.74) is 1.97. The molecule has 0 saturated heterocycles. The molecule has 0 aliphatic rings. The van der Waals surface area contributed by atoms with E-state index in [0.29, 0.717) is 5.02 Å². The lowest BCUT2D eigenvalue weighted by Crippen LogP contribution is -2.26. The lowest BCUT2D eigenvalue weighted by molar-refractivity contribution is 0.399. The van der Waals surface area contributed by atoms with Gasteiger partial charge in [0.1, 0.15) is 5.75 Å². The van der Waals surface area contributed by atoms with E-state index in [-0.39, 0.29) is 6.04 Å². The van der Waals surface area contributed by atoms with Gasteiger partial charge in [0.2, 0.25) is 0 Å². The molecule has 0 amide bonds. The van der Waals surface area contributed by atoms with Crippen LogP contribution in [0.15, 0.2) is 24.7 Å². The fraction of sp³-hybridized carbons (Fsp3) is 0.467. The minimum Gasteiger partial charge on any atom is -0.495 e. The largest absolute Gasteiger partial charge is 0.495 e. The summed E-state index contributed by atoms with van der Waals surface area (Å²) in [6, 6.07) is 1.88. The minimum atomic E-state index is -0.0745. The molecule has 2 aromatic rings. The lowest BCUT2D eigenvalue weighted by atomic mass is 10.0. The molecule has 0 spiro atoms. The van der Waals surface area contributed by atoms with Crippen LogP contribution in [-0.4, -0.2) is 28.4 Å². The van der Waals surface area contributed by atoms with E-state index in [1.807, 2.05) is 10.7 Å². The maximum atomic E-state index is 6.38. The smallest absolute Gasteiger partial charge is 0.142 e. The molecular formula is C15H21ClN4O. The molecule has 5 nitrogen and oxygen atoms in total. The second-order valence-corrected chi connectivity index (χ2v) is 5.12. The number of hydrogen-bond donors (Lipinski definition) is 1. The van der Waals surface area contributed by atoms with Gasteiger partial charge in [-0.15, -0.1) is 0 Å². The van der Waals surface area contributed by atoms with Crippen LogP contribution in [-0.2, 0) is 6.54 Å². The summed E-state index contributed by atoms with van der Waals surface area (Å²) in [7, 11) is 1.65. The van der Waals surface area contributed by atoms with Crippen molar-refractivity contribution in [2.45, 2.75) is 32.9 Å². The zero-order chi connectivity index (χ0) is 15.2. The molecule has 21 heavy (non-hydrogen) atoms. The Labute approximate surface area is 130 Å². The first-order chi connectivity index (χ1) is 10.2. The van der Waals surface area contributed by atoms with Gasteiger partial charge in [-0.2, -0.15) is 5.10 Å². The normalized spacial score (nSPS) is 12.4. The SMILES string of the molecule is CCCn1ncc(Cl)c1C(NCC)c1ccncc1OC. The fourth-order valence-electron chi connectivity index (χ4n) is 2.41. The molecule has 1 unspecified atom stereocenters. The van der Waals surface area contributed by atoms with Gasteiger partial charge in [0.05, 0.1) is 36.3 Å². The van der Waals surface area contributed by atoms with Gasteiger partial charge in [-0.05, 0) is 19.0 Å². The first-order valence-corrected chi connectivity index (χ1v) is 7.53. The summed E-state index contributed by atoms with van der Waals surface area (Å²) in [4.78, 5) is 4.11. The number of aryl methyl sites for hydroxylation is 1. The predicted octanol–water partition coefficient (Wildman–Crippen LogP) is 3.05. The monoisotopic (exact) mass is 308 g/mol. The Morgan fingerprint density at radius 2 is 2.19 bits per heavy atom. The number of nitrogens with one attached hydrogen (secondary N) is 1. The third-order valence-electron chi connectivity index (χ3n) is 3.30. The van der Waals surface area contributed by atoms with Crippen LogP contribution in [0.25, 0.3) is 0 Å². The Kier molecular flexibility index (Phi) is 5.59. The van der Waals surface area contributed by atoms with Crippen LogP contribution in [0.3, 0.4) is 0 Å². The molecule has 0 aliphatic carbocycles. The highest BCUT2D eigenvalue weighted by atomic mass is 35.5. The van der Waals surface area contributed by atoms with Crippen molar-refractivity contribution in [3.8, 4) is 5.75 Å². The van der Waals surface area contributed by atoms with E-state index in [0.717, 1.165) is 36.5 Å². The van der Waals surface area contributed by atoms with E-state index < -0.39 is 0 Å². The van der Waals surface area contributed by atoms with Gasteiger partial charge in [0, 0.05) is 18.3 Å². The average Bonchev–Trinajstić information content (AvgIpc) is 2.86. The molecule has 0 saturated carbocycles. The summed E-state index contributed by atoms with van der Waals surface area (Å²) in [6.45, 7) is 5.82. The van der Waals surface area contributed by atoms with E-state index in [2.05, 4.69) is 29.2 Å². The summed E-state index contributed by atoms with van der Waals surface area (Å²) in [5.74, 6) is 0.740. The number of methoxy groups -OCH3 is 1. The lowest BCUT2D eigenvalue weighted by Gasteiger charge is -2.22. The number of halogens is 1. The molecule has 6 heteroatoms. The molecule has 2 rings (SSSR count). The highest BCUT2D eigenvalue weighted by Crippen LogP contribution is 2.33. The van der Waals surface area contributed by atoms with Gasteiger partial charge in [-0.1, -0.05) is 25.4 Å². The van der Waals surface area contributed by atoms with E-state index in [1.165, 1.54) is 0 Å². The number of pyridine rings is 1. The number of ether oxygens (including phenoxy) is 1. The topological polar surface area (TPSA) is 52.0 Å². The van der Waals surface area contributed by atoms with Crippen molar-refractivity contribution < 1.29 is 4.74 Å². The van der Waals surface area contributed by atoms with Crippen LogP contribution in [0, 0.1) is 0 Å². The predicted molar refractivity (Wildman–Crippen MR) is 83.8 cm³/mol. The minimum absolute atomic E-state index is 0.0745. The fourth-order valence-corrected chi connectivity index (χ4v) is 2.66. The van der Waals surface area contributed by atoms with Gasteiger partial charge in [0.25, 0.3) is 0 Å². The Balaban J connectivity index is 2.51. The van der Waals surface area contributed by atoms with Gasteiger partial charge >= 0.3 is 0 Å². The summed E-state index contributed by atoms with van der Waals surface area (Å²) < 4.78 is 7.39. The number of aromatic nitrogens is 3. The molecule has 0 aliphatic heterocycles. The first kappa shape index (κ1) is 15.8. The maximum Gasteiger partial charge on any atom is 0.142 e. The summed E-state index contributed by atoms with van der Waals surface area (Å²) >= 11 is 6.38. The van der Waals surface area contributed by atoms with Gasteiger partial charge in [-0.3, -0.25) is 9.67 Å². The highest BCUT2D eigenvalue weighted by Gasteiger charge is 2.24. The van der Waals surface area contributed by atoms with Gasteiger partial charge in [-0.25, -0.2) is 0 Å². The van der Waals surface area contributed by atoms with Crippen LogP contribution in [0.1, 0.15) is 37.6 Å². The molecule has 0 bridgehead atoms. The van der Waals surface area contributed by atoms with Crippen molar-refractivity contribution in [1.29, 1.82) is 0 Å². The van der Waals surface area contributed by atoms with E-state index in [4.69, 9.17) is 16.3 Å². The number of rotatable bonds is 7. The second-order valence-electron chi connectivity index (χ2n) is 4.71. The molecule has 114 valence electrons. The standard InChI is InChI=1S/C15H21ClN4O/c1-4-8-20-15(12(16)9-19-20)14(18-5-2)11-6-7-17-10-13(11)21-3/h6-7,9-10,14,18H,4-5,8H2,1-3H3. The Morgan fingerprint density at radius 1 is 1.38 bits per heavy atom. The molecular weight excluding hydrogens is 288 g/mol. The van der Waals surface area contributed by atoms with Crippen LogP contribution in [0.5, 0.6) is 5.75 Å². The van der Waals surface area contributed by atoms with Gasteiger partial charge < -0.3 is 10.1 Å². The quantitative estimate of drug-likeness (QED) is 0.854. The van der Waals surface area contributed by atoms with E-state index >= 15 is 0 Å². The zero-order valence-corrected chi connectivity index (χ0v) is 13.4. The molecule has 0 aromatic carbocycles. The van der Waals surface area contributed by atoms with Crippen molar-refractivity contribution in [3.05, 3.63) is 40.9 Å². The number of nitrogens with zero attached hydrogens (tertiary/aromatic N) is 3. The maximum absolute atomic E-state index is 6.38. The Hall–Kier alpha value is -1.59. The van der Waals surface area contributed by atoms with E-state index in [9.17, 15) is 0 Å². The van der Waals surface area contributed by atoms with Crippen LogP contribution in [0.2, 0.25) is 5.02 Å². The highest BCUT2D eigenvalue weighted by molar-refractivity contribution is 6.31. The van der Waals surface area contributed by atoms with Crippen molar-refractivity contribution in [2.75, 3.05) is 13.7 Å². The molecule has 2 heterocycles. The number of hydrogen-bond acceptors (Lipinski definition) is 4. The van der Waals surface area contributed by atoms with Gasteiger partial charge in [0.15, 0.2) is 0 Å². The third kappa shape index (κ3) is 3.36. The van der Waals surface area contributed by atoms with Crippen LogP contribution >= 0.6 is 11.6 Å². The Bertz CT molecular complexity index is 585. The molecule has 1 N–H and O–H groups in total.